The van der Waals surface area contributed by atoms with Crippen LogP contribution >= 0.6 is 0 Å². The van der Waals surface area contributed by atoms with Crippen LogP contribution in [0.25, 0.3) is 10.9 Å². The van der Waals surface area contributed by atoms with Gasteiger partial charge in [0, 0.05) is 30.6 Å². The monoisotopic (exact) mass is 366 g/mol. The van der Waals surface area contributed by atoms with E-state index in [2.05, 4.69) is 22.5 Å². The molecule has 3 saturated heterocycles. The first-order valence-corrected chi connectivity index (χ1v) is 9.57. The Labute approximate surface area is 160 Å². The van der Waals surface area contributed by atoms with Crippen LogP contribution in [-0.2, 0) is 9.53 Å². The molecule has 4 heterocycles. The van der Waals surface area contributed by atoms with Crippen molar-refractivity contribution in [1.29, 1.82) is 0 Å². The Morgan fingerprint density at radius 2 is 2.26 bits per heavy atom. The van der Waals surface area contributed by atoms with Crippen LogP contribution in [0.5, 0.6) is 5.75 Å². The predicted octanol–water partition coefficient (Wildman–Crippen LogP) is 3.74. The molecule has 0 spiro atoms. The number of benzene rings is 1. The first-order chi connectivity index (χ1) is 13.1. The van der Waals surface area contributed by atoms with Gasteiger partial charge in [-0.25, -0.2) is 0 Å². The Morgan fingerprint density at radius 1 is 1.41 bits per heavy atom. The average Bonchev–Trinajstić information content (AvgIpc) is 2.71. The van der Waals surface area contributed by atoms with E-state index >= 15 is 0 Å². The lowest BCUT2D eigenvalue weighted by Crippen LogP contribution is -2.55. The number of carbonyl (C=O) groups excluding carboxylic acids is 1. The fourth-order valence-corrected chi connectivity index (χ4v) is 4.74. The second kappa shape index (κ2) is 7.31. The number of aromatic nitrogens is 1. The number of rotatable bonds is 5. The predicted molar refractivity (Wildman–Crippen MR) is 105 cm³/mol. The van der Waals surface area contributed by atoms with E-state index < -0.39 is 0 Å². The van der Waals surface area contributed by atoms with Gasteiger partial charge in [0.05, 0.1) is 18.7 Å². The Bertz CT molecular complexity index is 866. The summed E-state index contributed by atoms with van der Waals surface area (Å²) in [5.41, 5.74) is 1.88. The van der Waals surface area contributed by atoms with Gasteiger partial charge in [-0.05, 0) is 55.5 Å². The van der Waals surface area contributed by atoms with Crippen LogP contribution in [0.3, 0.4) is 0 Å². The fourth-order valence-electron chi connectivity index (χ4n) is 4.74. The van der Waals surface area contributed by atoms with Crippen molar-refractivity contribution in [1.82, 2.24) is 9.88 Å². The molecule has 0 N–H and O–H groups in total. The van der Waals surface area contributed by atoms with Gasteiger partial charge in [-0.3, -0.25) is 14.7 Å². The second-order valence-corrected chi connectivity index (χ2v) is 7.56. The number of pyridine rings is 1. The van der Waals surface area contributed by atoms with Crippen molar-refractivity contribution in [2.75, 3.05) is 20.2 Å². The van der Waals surface area contributed by atoms with Gasteiger partial charge in [0.15, 0.2) is 0 Å². The number of esters is 1. The minimum absolute atomic E-state index is 0.181. The van der Waals surface area contributed by atoms with E-state index in [1.807, 2.05) is 24.3 Å². The summed E-state index contributed by atoms with van der Waals surface area (Å²) in [5, 5.41) is 0.978. The lowest BCUT2D eigenvalue weighted by molar-refractivity contribution is -0.154. The Hall–Kier alpha value is -2.40. The lowest BCUT2D eigenvalue weighted by Gasteiger charge is -2.51. The number of ether oxygens (including phenoxy) is 2. The van der Waals surface area contributed by atoms with Crippen molar-refractivity contribution in [2.45, 2.75) is 31.9 Å². The highest BCUT2D eigenvalue weighted by Crippen LogP contribution is 2.43. The molecule has 1 aromatic heterocycles. The van der Waals surface area contributed by atoms with Crippen LogP contribution in [0.15, 0.2) is 43.1 Å². The molecular weight excluding hydrogens is 340 g/mol. The molecule has 2 aromatic rings. The van der Waals surface area contributed by atoms with Gasteiger partial charge in [-0.2, -0.15) is 0 Å². The molecule has 1 unspecified atom stereocenters. The number of hydrogen-bond donors (Lipinski definition) is 0. The molecule has 0 saturated carbocycles. The van der Waals surface area contributed by atoms with E-state index in [1.165, 1.54) is 13.3 Å². The summed E-state index contributed by atoms with van der Waals surface area (Å²) in [4.78, 5) is 18.9. The molecule has 3 aliphatic rings. The van der Waals surface area contributed by atoms with Crippen LogP contribution in [0, 0.1) is 11.8 Å². The SMILES string of the molecule is C=C[C@H]1CN2CC[C@@H]1C[C@@H]2[C@@H](OC(C)=O)c1ccnc2ccc(OC)cc12. The zero-order valence-corrected chi connectivity index (χ0v) is 15.9. The number of nitrogens with zero attached hydrogens (tertiary/aromatic N) is 2. The Morgan fingerprint density at radius 3 is 2.93 bits per heavy atom. The fraction of sp³-hybridized carbons (Fsp3) is 0.455. The van der Waals surface area contributed by atoms with Gasteiger partial charge < -0.3 is 9.47 Å². The van der Waals surface area contributed by atoms with Crippen molar-refractivity contribution < 1.29 is 14.3 Å². The van der Waals surface area contributed by atoms with Crippen LogP contribution in [0.2, 0.25) is 0 Å². The molecule has 27 heavy (non-hydrogen) atoms. The van der Waals surface area contributed by atoms with Crippen LogP contribution in [0.4, 0.5) is 0 Å². The van der Waals surface area contributed by atoms with Gasteiger partial charge in [0.25, 0.3) is 0 Å². The number of fused-ring (bicyclic) bond motifs is 4. The molecule has 3 fully saturated rings. The standard InChI is InChI=1S/C22H26N2O3/c1-4-15-13-24-10-8-16(15)11-21(24)22(27-14(2)25)18-7-9-23-20-6-5-17(26-3)12-19(18)20/h4-7,9,12,15-16,21-22H,1,8,10-11,13H2,2-3H3/t15-,16+,21+,22-/m0/s1. The Kier molecular flexibility index (Phi) is 4.87. The van der Waals surface area contributed by atoms with E-state index in [4.69, 9.17) is 9.47 Å². The highest BCUT2D eigenvalue weighted by Gasteiger charge is 2.44. The number of piperidine rings is 3. The lowest BCUT2D eigenvalue weighted by atomic mass is 9.73. The molecule has 5 nitrogen and oxygen atoms in total. The van der Waals surface area contributed by atoms with E-state index in [-0.39, 0.29) is 18.1 Å². The first kappa shape index (κ1) is 18.0. The quantitative estimate of drug-likeness (QED) is 0.596. The van der Waals surface area contributed by atoms with Gasteiger partial charge >= 0.3 is 5.97 Å². The molecule has 2 bridgehead atoms. The van der Waals surface area contributed by atoms with Crippen LogP contribution in [-0.4, -0.2) is 42.1 Å². The summed E-state index contributed by atoms with van der Waals surface area (Å²) in [6, 6.07) is 7.99. The highest BCUT2D eigenvalue weighted by atomic mass is 16.5. The smallest absolute Gasteiger partial charge is 0.303 e. The summed E-state index contributed by atoms with van der Waals surface area (Å²) in [6.45, 7) is 7.53. The van der Waals surface area contributed by atoms with E-state index in [1.54, 1.807) is 13.3 Å². The summed E-state index contributed by atoms with van der Waals surface area (Å²) >= 11 is 0. The zero-order chi connectivity index (χ0) is 19.0. The topological polar surface area (TPSA) is 51.7 Å². The third-order valence-corrected chi connectivity index (χ3v) is 6.09. The summed E-state index contributed by atoms with van der Waals surface area (Å²) < 4.78 is 11.3. The van der Waals surface area contributed by atoms with Crippen molar-refractivity contribution in [3.63, 3.8) is 0 Å². The molecule has 3 aliphatic heterocycles. The minimum Gasteiger partial charge on any atom is -0.497 e. The number of methoxy groups -OCH3 is 1. The van der Waals surface area contributed by atoms with Crippen LogP contribution < -0.4 is 4.74 Å². The molecule has 0 radical (unpaired) electrons. The van der Waals surface area contributed by atoms with E-state index in [9.17, 15) is 4.79 Å². The van der Waals surface area contributed by atoms with Gasteiger partial charge in [-0.15, -0.1) is 6.58 Å². The minimum atomic E-state index is -0.311. The van der Waals surface area contributed by atoms with Crippen molar-refractivity contribution in [3.8, 4) is 5.75 Å². The summed E-state index contributed by atoms with van der Waals surface area (Å²) in [5.74, 6) is 1.66. The molecule has 0 aliphatic carbocycles. The molecule has 1 aromatic carbocycles. The maximum absolute atomic E-state index is 12.0. The molecule has 142 valence electrons. The number of carbonyl (C=O) groups is 1. The van der Waals surface area contributed by atoms with Crippen molar-refractivity contribution in [3.05, 3.63) is 48.7 Å². The van der Waals surface area contributed by atoms with E-state index in [0.717, 1.165) is 41.7 Å². The highest BCUT2D eigenvalue weighted by molar-refractivity contribution is 5.84. The maximum Gasteiger partial charge on any atom is 0.303 e. The first-order valence-electron chi connectivity index (χ1n) is 9.57. The normalized spacial score (nSPS) is 27.9. The molecule has 5 atom stereocenters. The maximum atomic E-state index is 12.0. The largest absolute Gasteiger partial charge is 0.497 e. The van der Waals surface area contributed by atoms with Crippen LogP contribution in [0.1, 0.15) is 31.4 Å². The van der Waals surface area contributed by atoms with Crippen molar-refractivity contribution in [2.24, 2.45) is 11.8 Å². The third kappa shape index (κ3) is 3.32. The summed E-state index contributed by atoms with van der Waals surface area (Å²) in [6.07, 6.45) is 5.77. The second-order valence-electron chi connectivity index (χ2n) is 7.56. The molecule has 5 heteroatoms. The van der Waals surface area contributed by atoms with Gasteiger partial charge in [0.1, 0.15) is 11.9 Å². The number of hydrogen-bond acceptors (Lipinski definition) is 5. The van der Waals surface area contributed by atoms with Crippen molar-refractivity contribution >= 4 is 16.9 Å². The third-order valence-electron chi connectivity index (χ3n) is 6.09. The zero-order valence-electron chi connectivity index (χ0n) is 15.9. The molecule has 5 rings (SSSR count). The average molecular weight is 366 g/mol. The van der Waals surface area contributed by atoms with Gasteiger partial charge in [0.2, 0.25) is 0 Å². The van der Waals surface area contributed by atoms with Gasteiger partial charge in [-0.1, -0.05) is 6.08 Å². The Balaban J connectivity index is 1.76. The molecular formula is C22H26N2O3. The summed E-state index contributed by atoms with van der Waals surface area (Å²) in [7, 11) is 1.65. The molecule has 0 amide bonds. The van der Waals surface area contributed by atoms with E-state index in [0.29, 0.717) is 11.8 Å².